The zero-order valence-corrected chi connectivity index (χ0v) is 10.3. The molecular formula is C11H13N5O4. The van der Waals surface area contributed by atoms with Gasteiger partial charge in [-0.05, 0) is 28.6 Å². The summed E-state index contributed by atoms with van der Waals surface area (Å²) in [5.41, 5.74) is 0.922. The van der Waals surface area contributed by atoms with Crippen molar-refractivity contribution in [3.05, 3.63) is 30.1 Å². The minimum absolute atomic E-state index is 0.0237. The summed E-state index contributed by atoms with van der Waals surface area (Å²) in [5.74, 6) is -1.10. The van der Waals surface area contributed by atoms with E-state index in [4.69, 9.17) is 10.2 Å². The van der Waals surface area contributed by atoms with Crippen molar-refractivity contribution >= 4 is 11.7 Å². The normalized spacial score (nSPS) is 12.1. The molecule has 0 aliphatic carbocycles. The highest BCUT2D eigenvalue weighted by Gasteiger charge is 2.13. The highest BCUT2D eigenvalue weighted by Crippen LogP contribution is 2.20. The van der Waals surface area contributed by atoms with E-state index in [0.717, 1.165) is 0 Å². The second-order valence-electron chi connectivity index (χ2n) is 4.01. The molecule has 1 unspecified atom stereocenters. The summed E-state index contributed by atoms with van der Waals surface area (Å²) < 4.78 is 1.37. The Hall–Kier alpha value is -2.52. The summed E-state index contributed by atoms with van der Waals surface area (Å²) in [6, 6.07) is 4.52. The summed E-state index contributed by atoms with van der Waals surface area (Å²) in [6.07, 6.45) is 0.399. The first-order valence-corrected chi connectivity index (χ1v) is 5.75. The van der Waals surface area contributed by atoms with Crippen LogP contribution < -0.4 is 5.32 Å². The van der Waals surface area contributed by atoms with E-state index in [1.807, 2.05) is 0 Å². The van der Waals surface area contributed by atoms with Gasteiger partial charge in [0.15, 0.2) is 0 Å². The Morgan fingerprint density at radius 2 is 2.25 bits per heavy atom. The molecule has 1 heterocycles. The topological polar surface area (TPSA) is 133 Å². The van der Waals surface area contributed by atoms with Crippen LogP contribution in [0.15, 0.2) is 24.5 Å². The molecule has 2 aromatic rings. The smallest absolute Gasteiger partial charge is 0.337 e. The Kier molecular flexibility index (Phi) is 4.23. The van der Waals surface area contributed by atoms with Gasteiger partial charge in [0.25, 0.3) is 0 Å². The fourth-order valence-electron chi connectivity index (χ4n) is 1.58. The van der Waals surface area contributed by atoms with Gasteiger partial charge in [-0.1, -0.05) is 0 Å². The van der Waals surface area contributed by atoms with E-state index in [2.05, 4.69) is 20.8 Å². The molecule has 0 aliphatic rings. The van der Waals surface area contributed by atoms with Crippen molar-refractivity contribution in [2.75, 3.05) is 18.5 Å². The first-order valence-electron chi connectivity index (χ1n) is 5.75. The van der Waals surface area contributed by atoms with Crippen molar-refractivity contribution in [2.24, 2.45) is 0 Å². The second-order valence-corrected chi connectivity index (χ2v) is 4.01. The maximum Gasteiger partial charge on any atom is 0.337 e. The van der Waals surface area contributed by atoms with Crippen LogP contribution in [-0.2, 0) is 0 Å². The summed E-state index contributed by atoms with van der Waals surface area (Å²) in [7, 11) is 0. The number of aliphatic hydroxyl groups excluding tert-OH is 2. The first-order chi connectivity index (χ1) is 9.61. The number of anilines is 1. The van der Waals surface area contributed by atoms with Crippen LogP contribution in [0.3, 0.4) is 0 Å². The predicted octanol–water partition coefficient (Wildman–Crippen LogP) is -0.874. The molecule has 0 bridgehead atoms. The van der Waals surface area contributed by atoms with Crippen molar-refractivity contribution < 1.29 is 20.1 Å². The van der Waals surface area contributed by atoms with Gasteiger partial charge in [0.2, 0.25) is 0 Å². The van der Waals surface area contributed by atoms with Crippen LogP contribution in [0.25, 0.3) is 5.69 Å². The number of carbonyl (C=O) groups is 1. The molecule has 0 fully saturated rings. The summed E-state index contributed by atoms with van der Waals surface area (Å²) in [6.45, 7) is -0.391. The third-order valence-electron chi connectivity index (χ3n) is 2.59. The summed E-state index contributed by atoms with van der Waals surface area (Å²) in [4.78, 5) is 11.1. The van der Waals surface area contributed by atoms with Crippen LogP contribution in [-0.4, -0.2) is 60.8 Å². The van der Waals surface area contributed by atoms with Gasteiger partial charge in [-0.3, -0.25) is 0 Å². The molecular weight excluding hydrogens is 266 g/mol. The Labute approximate surface area is 113 Å². The first kappa shape index (κ1) is 13.9. The van der Waals surface area contributed by atoms with E-state index in [9.17, 15) is 9.90 Å². The Balaban J connectivity index is 2.30. The molecule has 4 N–H and O–H groups in total. The Bertz CT molecular complexity index is 587. The van der Waals surface area contributed by atoms with E-state index in [1.54, 1.807) is 12.1 Å². The number of rotatable bonds is 6. The molecule has 9 nitrogen and oxygen atoms in total. The molecule has 0 saturated carbocycles. The third-order valence-corrected chi connectivity index (χ3v) is 2.59. The number of aromatic carboxylic acids is 1. The van der Waals surface area contributed by atoms with Crippen LogP contribution in [0.4, 0.5) is 5.69 Å². The van der Waals surface area contributed by atoms with Gasteiger partial charge in [-0.15, -0.1) is 5.10 Å². The fourth-order valence-corrected chi connectivity index (χ4v) is 1.58. The minimum atomic E-state index is -1.10. The predicted molar refractivity (Wildman–Crippen MR) is 67.7 cm³/mol. The lowest BCUT2D eigenvalue weighted by Gasteiger charge is -2.13. The van der Waals surface area contributed by atoms with Crippen molar-refractivity contribution in [1.29, 1.82) is 0 Å². The van der Waals surface area contributed by atoms with E-state index < -0.39 is 18.7 Å². The van der Waals surface area contributed by atoms with Crippen LogP contribution >= 0.6 is 0 Å². The number of benzene rings is 1. The fraction of sp³-hybridized carbons (Fsp3) is 0.273. The average molecular weight is 279 g/mol. The molecule has 0 saturated heterocycles. The summed E-state index contributed by atoms with van der Waals surface area (Å²) in [5, 5.41) is 40.6. The lowest BCUT2D eigenvalue weighted by molar-refractivity contribution is 0.0697. The molecule has 0 amide bonds. The number of aromatic nitrogens is 4. The van der Waals surface area contributed by atoms with Crippen molar-refractivity contribution in [3.63, 3.8) is 0 Å². The number of hydrogen-bond acceptors (Lipinski definition) is 7. The number of nitrogens with zero attached hydrogens (tertiary/aromatic N) is 4. The van der Waals surface area contributed by atoms with Gasteiger partial charge in [0.1, 0.15) is 6.33 Å². The average Bonchev–Trinajstić information content (AvgIpc) is 2.98. The number of carboxylic acid groups (broad SMARTS) is 1. The zero-order valence-electron chi connectivity index (χ0n) is 10.3. The van der Waals surface area contributed by atoms with Gasteiger partial charge in [-0.2, -0.15) is 0 Å². The standard InChI is InChI=1S/C11H13N5O4/c17-5-8(18)4-12-10-3-7(16-6-13-14-15-16)1-2-9(10)11(19)20/h1-3,6,8,12,17-18H,4-5H2,(H,19,20). The zero-order chi connectivity index (χ0) is 14.5. The highest BCUT2D eigenvalue weighted by molar-refractivity contribution is 5.94. The largest absolute Gasteiger partial charge is 0.478 e. The maximum atomic E-state index is 11.1. The van der Waals surface area contributed by atoms with E-state index in [-0.39, 0.29) is 12.1 Å². The van der Waals surface area contributed by atoms with Gasteiger partial charge in [-0.25, -0.2) is 9.48 Å². The molecule has 9 heteroatoms. The summed E-state index contributed by atoms with van der Waals surface area (Å²) >= 11 is 0. The molecule has 106 valence electrons. The minimum Gasteiger partial charge on any atom is -0.478 e. The van der Waals surface area contributed by atoms with Crippen molar-refractivity contribution in [3.8, 4) is 5.69 Å². The number of tetrazole rings is 1. The van der Waals surface area contributed by atoms with Crippen molar-refractivity contribution in [1.82, 2.24) is 20.2 Å². The number of nitrogens with one attached hydrogen (secondary N) is 1. The van der Waals surface area contributed by atoms with Gasteiger partial charge >= 0.3 is 5.97 Å². The molecule has 1 aromatic heterocycles. The number of aliphatic hydroxyl groups is 2. The van der Waals surface area contributed by atoms with Gasteiger partial charge in [0.05, 0.1) is 29.6 Å². The van der Waals surface area contributed by atoms with Crippen LogP contribution in [0.1, 0.15) is 10.4 Å². The molecule has 0 aliphatic heterocycles. The van der Waals surface area contributed by atoms with Crippen molar-refractivity contribution in [2.45, 2.75) is 6.10 Å². The van der Waals surface area contributed by atoms with Crippen LogP contribution in [0, 0.1) is 0 Å². The highest BCUT2D eigenvalue weighted by atomic mass is 16.4. The molecule has 2 rings (SSSR count). The second kappa shape index (κ2) is 6.08. The molecule has 20 heavy (non-hydrogen) atoms. The van der Waals surface area contributed by atoms with E-state index in [1.165, 1.54) is 17.1 Å². The van der Waals surface area contributed by atoms with E-state index in [0.29, 0.717) is 11.4 Å². The quantitative estimate of drug-likeness (QED) is 0.536. The Morgan fingerprint density at radius 3 is 2.85 bits per heavy atom. The number of carboxylic acids is 1. The van der Waals surface area contributed by atoms with Gasteiger partial charge < -0.3 is 20.6 Å². The molecule has 0 radical (unpaired) electrons. The van der Waals surface area contributed by atoms with Crippen LogP contribution in [0.5, 0.6) is 0 Å². The monoisotopic (exact) mass is 279 g/mol. The SMILES string of the molecule is O=C(O)c1ccc(-n2cnnn2)cc1NCC(O)CO. The van der Waals surface area contributed by atoms with Crippen LogP contribution in [0.2, 0.25) is 0 Å². The number of hydrogen-bond donors (Lipinski definition) is 4. The third kappa shape index (κ3) is 3.08. The molecule has 1 atom stereocenters. The Morgan fingerprint density at radius 1 is 1.45 bits per heavy atom. The molecule has 1 aromatic carbocycles. The lowest BCUT2D eigenvalue weighted by atomic mass is 10.1. The molecule has 0 spiro atoms. The van der Waals surface area contributed by atoms with E-state index >= 15 is 0 Å². The maximum absolute atomic E-state index is 11.1. The lowest BCUT2D eigenvalue weighted by Crippen LogP contribution is -2.23. The van der Waals surface area contributed by atoms with Gasteiger partial charge in [0, 0.05) is 6.54 Å².